The fourth-order valence-corrected chi connectivity index (χ4v) is 16.6. The van der Waals surface area contributed by atoms with Crippen LogP contribution in [0.1, 0.15) is 165 Å². The van der Waals surface area contributed by atoms with Gasteiger partial charge >= 0.3 is 0 Å². The van der Waals surface area contributed by atoms with E-state index in [9.17, 15) is 0 Å². The summed E-state index contributed by atoms with van der Waals surface area (Å²) in [5.74, 6) is 0. The maximum absolute atomic E-state index is 2.99. The van der Waals surface area contributed by atoms with Crippen molar-refractivity contribution >= 4 is 62.9 Å². The highest BCUT2D eigenvalue weighted by molar-refractivity contribution is 7.00. The van der Waals surface area contributed by atoms with Crippen LogP contribution in [0.4, 0.5) is 39.8 Å². The zero-order valence-corrected chi connectivity index (χ0v) is 43.9. The van der Waals surface area contributed by atoms with Crippen molar-refractivity contribution in [2.75, 3.05) is 14.7 Å². The van der Waals surface area contributed by atoms with Crippen molar-refractivity contribution in [3.8, 4) is 0 Å². The largest absolute Gasteiger partial charge is 0.335 e. The van der Waals surface area contributed by atoms with Crippen molar-refractivity contribution in [1.29, 1.82) is 0 Å². The summed E-state index contributed by atoms with van der Waals surface area (Å²) in [6.45, 7) is 25.5. The van der Waals surface area contributed by atoms with E-state index in [0.29, 0.717) is 0 Å². The molecule has 0 bridgehead atoms. The van der Waals surface area contributed by atoms with Crippen LogP contribution in [0.3, 0.4) is 0 Å². The molecule has 0 saturated heterocycles. The normalized spacial score (nSPS) is 25.9. The zero-order chi connectivity index (χ0) is 48.8. The lowest BCUT2D eigenvalue weighted by atomic mass is 9.33. The predicted molar refractivity (Wildman–Crippen MR) is 301 cm³/mol. The van der Waals surface area contributed by atoms with E-state index in [1.54, 1.807) is 11.1 Å². The number of anilines is 7. The molecule has 4 atom stereocenters. The highest BCUT2D eigenvalue weighted by Gasteiger charge is 2.66. The Bertz CT molecular complexity index is 3310. The molecule has 7 aromatic carbocycles. The van der Waals surface area contributed by atoms with Crippen LogP contribution in [0.15, 0.2) is 146 Å². The van der Waals surface area contributed by atoms with Gasteiger partial charge in [-0.2, -0.15) is 0 Å². The molecule has 5 heterocycles. The summed E-state index contributed by atoms with van der Waals surface area (Å²) in [6.07, 6.45) is 9.80. The number of hydrogen-bond donors (Lipinski definition) is 0. The average molecular weight is 928 g/mol. The van der Waals surface area contributed by atoms with E-state index < -0.39 is 5.41 Å². The van der Waals surface area contributed by atoms with Crippen LogP contribution in [0, 0.1) is 0 Å². The fraction of sp³-hybridized carbons (Fsp3) is 0.373. The molecule has 4 heteroatoms. The van der Waals surface area contributed by atoms with Crippen LogP contribution in [-0.2, 0) is 27.1 Å². The molecule has 71 heavy (non-hydrogen) atoms. The van der Waals surface area contributed by atoms with Crippen LogP contribution < -0.4 is 31.1 Å². The van der Waals surface area contributed by atoms with Gasteiger partial charge in [0.05, 0.1) is 33.6 Å². The first-order chi connectivity index (χ1) is 34.0. The summed E-state index contributed by atoms with van der Waals surface area (Å²) < 4.78 is 0. The minimum absolute atomic E-state index is 0.00295. The molecule has 0 radical (unpaired) electrons. The monoisotopic (exact) mass is 928 g/mol. The molecule has 356 valence electrons. The molecule has 3 nitrogen and oxygen atoms in total. The molecular formula is C67H70BN3. The van der Waals surface area contributed by atoms with Gasteiger partial charge in [-0.25, -0.2) is 0 Å². The Hall–Kier alpha value is -6.00. The summed E-state index contributed by atoms with van der Waals surface area (Å²) in [4.78, 5) is 8.64. The second-order valence-electron chi connectivity index (χ2n) is 25.9. The van der Waals surface area contributed by atoms with E-state index in [-0.39, 0.29) is 39.5 Å². The maximum atomic E-state index is 2.99. The topological polar surface area (TPSA) is 9.72 Å². The van der Waals surface area contributed by atoms with E-state index in [0.717, 1.165) is 0 Å². The second-order valence-corrected chi connectivity index (χ2v) is 25.9. The molecule has 0 aromatic heterocycles. The van der Waals surface area contributed by atoms with Crippen molar-refractivity contribution in [2.24, 2.45) is 0 Å². The summed E-state index contributed by atoms with van der Waals surface area (Å²) in [6, 6.07) is 57.3. The van der Waals surface area contributed by atoms with Crippen LogP contribution >= 0.6 is 0 Å². The SMILES string of the molecule is CC(C)(C)c1cc2c3c(c1)C1(C)CCCCC1(C)N3c1cc(N3c4ccccc4C(c4ccccc4)(c4ccccc4)c4ccccc43)cc3c1B2c1ccc(C(C)(C)C)c2c1N3C1(C)CCCCC21C. The van der Waals surface area contributed by atoms with Gasteiger partial charge in [-0.15, -0.1) is 0 Å². The van der Waals surface area contributed by atoms with E-state index in [1.165, 1.54) is 141 Å². The summed E-state index contributed by atoms with van der Waals surface area (Å²) in [7, 11) is 0. The predicted octanol–water partition coefficient (Wildman–Crippen LogP) is 15.1. The Morgan fingerprint density at radius 3 is 1.52 bits per heavy atom. The van der Waals surface area contributed by atoms with Crippen LogP contribution in [0.25, 0.3) is 0 Å². The van der Waals surface area contributed by atoms with E-state index in [4.69, 9.17) is 0 Å². The third-order valence-corrected chi connectivity index (χ3v) is 20.4. The van der Waals surface area contributed by atoms with Crippen molar-refractivity contribution < 1.29 is 0 Å². The van der Waals surface area contributed by atoms with E-state index in [2.05, 4.69) is 230 Å². The molecule has 2 saturated carbocycles. The summed E-state index contributed by atoms with van der Waals surface area (Å²) in [5.41, 5.74) is 24.8. The first-order valence-corrected chi connectivity index (χ1v) is 27.2. The Kier molecular flexibility index (Phi) is 8.72. The lowest BCUT2D eigenvalue weighted by Crippen LogP contribution is -2.66. The first-order valence-electron chi connectivity index (χ1n) is 27.2. The Labute approximate surface area is 424 Å². The van der Waals surface area contributed by atoms with Gasteiger partial charge in [-0.05, 0) is 136 Å². The Balaban J connectivity index is 1.13. The highest BCUT2D eigenvalue weighted by Crippen LogP contribution is 2.67. The molecule has 4 unspecified atom stereocenters. The van der Waals surface area contributed by atoms with Crippen molar-refractivity contribution in [3.63, 3.8) is 0 Å². The van der Waals surface area contributed by atoms with Gasteiger partial charge in [0.2, 0.25) is 0 Å². The lowest BCUT2D eigenvalue weighted by Gasteiger charge is -2.55. The van der Waals surface area contributed by atoms with Crippen LogP contribution in [0.2, 0.25) is 0 Å². The fourth-order valence-electron chi connectivity index (χ4n) is 16.6. The molecule has 2 aliphatic carbocycles. The van der Waals surface area contributed by atoms with Gasteiger partial charge in [0, 0.05) is 33.6 Å². The zero-order valence-electron chi connectivity index (χ0n) is 43.9. The molecule has 0 spiro atoms. The quantitative estimate of drug-likeness (QED) is 0.164. The smallest absolute Gasteiger partial charge is 0.252 e. The van der Waals surface area contributed by atoms with Gasteiger partial charge in [0.25, 0.3) is 6.71 Å². The third kappa shape index (κ3) is 5.23. The second kappa shape index (κ2) is 14.1. The molecule has 0 N–H and O–H groups in total. The average Bonchev–Trinajstić information content (AvgIpc) is 3.72. The third-order valence-electron chi connectivity index (χ3n) is 20.4. The molecule has 7 aromatic rings. The number of rotatable bonds is 3. The van der Waals surface area contributed by atoms with Crippen LogP contribution in [-0.4, -0.2) is 17.8 Å². The minimum atomic E-state index is -0.533. The Morgan fingerprint density at radius 1 is 0.451 bits per heavy atom. The summed E-state index contributed by atoms with van der Waals surface area (Å²) in [5, 5.41) is 0. The lowest BCUT2D eigenvalue weighted by molar-refractivity contribution is 0.192. The van der Waals surface area contributed by atoms with Crippen molar-refractivity contribution in [2.45, 2.75) is 159 Å². The molecule has 14 rings (SSSR count). The van der Waals surface area contributed by atoms with Gasteiger partial charge in [-0.1, -0.05) is 202 Å². The minimum Gasteiger partial charge on any atom is -0.335 e. The maximum Gasteiger partial charge on any atom is 0.252 e. The number of para-hydroxylation sites is 2. The van der Waals surface area contributed by atoms with Crippen molar-refractivity contribution in [1.82, 2.24) is 0 Å². The number of nitrogens with zero attached hydrogens (tertiary/aromatic N) is 3. The molecule has 7 aliphatic rings. The molecule has 2 fully saturated rings. The standard InChI is InChI=1S/C67H70BN3/c1-61(2,3)45-39-50-59-52(40-45)68-51-34-33-49(62(4,5)6)57-60(51)71(66(10)38-24-22-36-64(57,66)8)56-42-46(41-55(58(56)68)70(59)65(9)37-23-21-35-63(50,65)7)69-53-31-19-17-29-47(53)67(43-25-13-11-14-26-43,44-27-15-12-16-28-44)48-30-18-20-32-54(48)69/h11-20,25-34,39-42H,21-24,35-38H2,1-10H3. The molecule has 0 amide bonds. The number of fused-ring (bicyclic) bond motifs is 12. The van der Waals surface area contributed by atoms with Gasteiger partial charge in [0.1, 0.15) is 0 Å². The van der Waals surface area contributed by atoms with Gasteiger partial charge in [0.15, 0.2) is 0 Å². The molecular weight excluding hydrogens is 858 g/mol. The number of benzene rings is 7. The molecule has 5 aliphatic heterocycles. The first kappa shape index (κ1) is 43.8. The number of hydrogen-bond acceptors (Lipinski definition) is 3. The van der Waals surface area contributed by atoms with E-state index >= 15 is 0 Å². The summed E-state index contributed by atoms with van der Waals surface area (Å²) >= 11 is 0. The van der Waals surface area contributed by atoms with Crippen molar-refractivity contribution in [3.05, 3.63) is 190 Å². The van der Waals surface area contributed by atoms with Gasteiger partial charge < -0.3 is 14.7 Å². The Morgan fingerprint density at radius 2 is 0.958 bits per heavy atom. The van der Waals surface area contributed by atoms with E-state index in [1.807, 2.05) is 0 Å². The van der Waals surface area contributed by atoms with Gasteiger partial charge in [-0.3, -0.25) is 0 Å². The highest BCUT2D eigenvalue weighted by atomic mass is 15.3. The van der Waals surface area contributed by atoms with Crippen LogP contribution in [0.5, 0.6) is 0 Å².